The van der Waals surface area contributed by atoms with Crippen molar-refractivity contribution in [2.24, 2.45) is 0 Å². The molecule has 14 heteroatoms. The van der Waals surface area contributed by atoms with Crippen molar-refractivity contribution in [3.8, 4) is 0 Å². The molecule has 0 aliphatic heterocycles. The molecule has 3 aromatic rings. The van der Waals surface area contributed by atoms with Gasteiger partial charge < -0.3 is 25.3 Å². The Labute approximate surface area is 266 Å². The lowest BCUT2D eigenvalue weighted by Gasteiger charge is -2.36. The summed E-state index contributed by atoms with van der Waals surface area (Å²) in [5.74, 6) is -0.784. The molecule has 1 unspecified atom stereocenters. The maximum absolute atomic E-state index is 10.8. The zero-order valence-corrected chi connectivity index (χ0v) is 26.6. The fraction of sp³-hybridized carbons (Fsp3) is 0.280. The molecule has 0 aliphatic carbocycles. The van der Waals surface area contributed by atoms with Gasteiger partial charge in [-0.1, -0.05) is 92.8 Å². The molecular weight excluding hydrogens is 675 g/mol. The van der Waals surface area contributed by atoms with E-state index in [9.17, 15) is 10.2 Å². The summed E-state index contributed by atoms with van der Waals surface area (Å²) < 4.78 is 0. The second-order valence-electron chi connectivity index (χ2n) is 9.33. The van der Waals surface area contributed by atoms with Gasteiger partial charge in [0.1, 0.15) is 0 Å². The van der Waals surface area contributed by atoms with Crippen LogP contribution in [-0.4, -0.2) is 43.8 Å². The maximum Gasteiger partial charge on any atom is 0.631 e. The second-order valence-corrected chi connectivity index (χ2v) is 12.6. The highest BCUT2D eigenvalue weighted by Crippen LogP contribution is 2.50. The number of hydrogen-bond donors (Lipinski definition) is 5. The monoisotopic (exact) mass is 694 g/mol. The van der Waals surface area contributed by atoms with Crippen LogP contribution in [0.4, 0.5) is 0 Å². The van der Waals surface area contributed by atoms with Gasteiger partial charge >= 0.3 is 7.32 Å². The highest BCUT2D eigenvalue weighted by atomic mass is 35.5. The van der Waals surface area contributed by atoms with E-state index in [1.165, 1.54) is 20.8 Å². The molecule has 39 heavy (non-hydrogen) atoms. The van der Waals surface area contributed by atoms with Gasteiger partial charge in [-0.2, -0.15) is 0 Å². The van der Waals surface area contributed by atoms with Crippen LogP contribution in [0.5, 0.6) is 0 Å². The van der Waals surface area contributed by atoms with E-state index in [1.807, 2.05) is 0 Å². The summed E-state index contributed by atoms with van der Waals surface area (Å²) in [4.78, 5) is 0. The first-order valence-corrected chi connectivity index (χ1v) is 14.0. The maximum atomic E-state index is 10.8. The summed E-state index contributed by atoms with van der Waals surface area (Å²) in [6.07, 6.45) is 0.0891. The Bertz CT molecular complexity index is 1220. The van der Waals surface area contributed by atoms with Crippen LogP contribution < -0.4 is 0 Å². The zero-order valence-electron chi connectivity index (χ0n) is 20.6. The first-order valence-electron chi connectivity index (χ1n) is 11.0. The SMILES string of the molecule is CC(C)(O)C(C)(O)Cc1cc(Cl)c(C(c2c(Cl)cc(Cl)cc2Cl)c2c(Cl)cc(Cl)cc2Cl)c(Cl)c1.OB(O)O. The molecule has 0 heterocycles. The smallest absolute Gasteiger partial charge is 0.402 e. The van der Waals surface area contributed by atoms with Gasteiger partial charge in [-0.3, -0.25) is 0 Å². The predicted molar refractivity (Wildman–Crippen MR) is 163 cm³/mol. The van der Waals surface area contributed by atoms with Gasteiger partial charge in [-0.15, -0.1) is 0 Å². The lowest BCUT2D eigenvalue weighted by Crippen LogP contribution is -2.49. The van der Waals surface area contributed by atoms with Gasteiger partial charge in [0.2, 0.25) is 0 Å². The first-order chi connectivity index (χ1) is 17.8. The minimum atomic E-state index is -2.17. The van der Waals surface area contributed by atoms with Gasteiger partial charge in [-0.05, 0) is 62.7 Å². The Morgan fingerprint density at radius 2 is 0.846 bits per heavy atom. The Morgan fingerprint density at radius 3 is 1.10 bits per heavy atom. The second kappa shape index (κ2) is 13.9. The number of hydrogen-bond acceptors (Lipinski definition) is 5. The molecule has 1 atom stereocenters. The highest BCUT2D eigenvalue weighted by molar-refractivity contribution is 6.42. The summed E-state index contributed by atoms with van der Waals surface area (Å²) in [6.45, 7) is 4.58. The molecule has 5 N–H and O–H groups in total. The van der Waals surface area contributed by atoms with Crippen LogP contribution in [-0.2, 0) is 6.42 Å². The molecule has 0 fully saturated rings. The summed E-state index contributed by atoms with van der Waals surface area (Å²) in [5.41, 5.74) is -0.880. The summed E-state index contributed by atoms with van der Waals surface area (Å²) >= 11 is 52.3. The van der Waals surface area contributed by atoms with Crippen LogP contribution >= 0.6 is 92.8 Å². The predicted octanol–water partition coefficient (Wildman–Crippen LogP) is 8.11. The van der Waals surface area contributed by atoms with E-state index in [2.05, 4.69) is 0 Å². The van der Waals surface area contributed by atoms with E-state index >= 15 is 0 Å². The third kappa shape index (κ3) is 8.92. The third-order valence-electron chi connectivity index (χ3n) is 5.96. The van der Waals surface area contributed by atoms with Crippen LogP contribution in [0.15, 0.2) is 36.4 Å². The van der Waals surface area contributed by atoms with Gasteiger partial charge in [0.15, 0.2) is 0 Å². The summed E-state index contributed by atoms with van der Waals surface area (Å²) in [5, 5.41) is 44.9. The lowest BCUT2D eigenvalue weighted by molar-refractivity contribution is -0.118. The zero-order chi connectivity index (χ0) is 30.0. The summed E-state index contributed by atoms with van der Waals surface area (Å²) in [7, 11) is -2.17. The third-order valence-corrected chi connectivity index (χ3v) is 8.27. The van der Waals surface area contributed by atoms with Crippen molar-refractivity contribution in [1.29, 1.82) is 0 Å². The summed E-state index contributed by atoms with van der Waals surface area (Å²) in [6, 6.07) is 9.51. The van der Waals surface area contributed by atoms with Crippen molar-refractivity contribution in [1.82, 2.24) is 0 Å². The molecule has 0 aromatic heterocycles. The highest BCUT2D eigenvalue weighted by Gasteiger charge is 2.38. The van der Waals surface area contributed by atoms with Crippen LogP contribution in [0.1, 0.15) is 48.9 Å². The van der Waals surface area contributed by atoms with E-state index in [0.29, 0.717) is 32.3 Å². The van der Waals surface area contributed by atoms with Crippen LogP contribution in [0.3, 0.4) is 0 Å². The molecule has 0 bridgehead atoms. The van der Waals surface area contributed by atoms with E-state index < -0.39 is 24.4 Å². The average molecular weight is 698 g/mol. The van der Waals surface area contributed by atoms with Crippen molar-refractivity contribution in [2.75, 3.05) is 0 Å². The molecule has 3 aromatic carbocycles. The van der Waals surface area contributed by atoms with Crippen LogP contribution in [0.2, 0.25) is 40.2 Å². The lowest BCUT2D eigenvalue weighted by atomic mass is 9.81. The number of benzene rings is 3. The minimum absolute atomic E-state index is 0.0891. The van der Waals surface area contributed by atoms with Crippen LogP contribution in [0, 0.1) is 0 Å². The van der Waals surface area contributed by atoms with Crippen molar-refractivity contribution < 1.29 is 25.3 Å². The molecule has 0 aliphatic rings. The van der Waals surface area contributed by atoms with E-state index in [1.54, 1.807) is 36.4 Å². The van der Waals surface area contributed by atoms with Crippen molar-refractivity contribution in [3.63, 3.8) is 0 Å². The van der Waals surface area contributed by atoms with Gasteiger partial charge in [0.05, 0.1) is 11.2 Å². The fourth-order valence-corrected chi connectivity index (χ4v) is 6.54. The Morgan fingerprint density at radius 1 is 0.590 bits per heavy atom. The Hall–Kier alpha value is -0.155. The fourth-order valence-electron chi connectivity index (χ4n) is 3.72. The van der Waals surface area contributed by atoms with Gasteiger partial charge in [-0.25, -0.2) is 0 Å². The standard InChI is InChI=1S/C25H20Cl8O2.BH3O3/c1-24(2,34)25(3,35)10-11-4-14(28)20(15(29)5-11)23(21-16(30)6-12(26)7-17(21)31)22-18(32)8-13(27)9-19(22)33;2-1(3)4/h4-9,23,34-35H,10H2,1-3H3;2-4H. The topological polar surface area (TPSA) is 101 Å². The largest absolute Gasteiger partial charge is 0.631 e. The quantitative estimate of drug-likeness (QED) is 0.132. The molecule has 0 spiro atoms. The molecule has 5 nitrogen and oxygen atoms in total. The molecular formula is C25H23BCl8O5. The molecule has 212 valence electrons. The van der Waals surface area contributed by atoms with Crippen molar-refractivity contribution >= 4 is 100 Å². The molecule has 0 saturated heterocycles. The molecule has 3 rings (SSSR count). The Kier molecular flexibility index (Phi) is 12.5. The van der Waals surface area contributed by atoms with Crippen molar-refractivity contribution in [3.05, 3.63) is 98.8 Å². The van der Waals surface area contributed by atoms with E-state index in [4.69, 9.17) is 108 Å². The number of rotatable bonds is 6. The first kappa shape index (κ1) is 35.0. The molecule has 0 amide bonds. The average Bonchev–Trinajstić information content (AvgIpc) is 2.69. The van der Waals surface area contributed by atoms with E-state index in [0.717, 1.165) is 0 Å². The van der Waals surface area contributed by atoms with Crippen LogP contribution in [0.25, 0.3) is 0 Å². The van der Waals surface area contributed by atoms with E-state index in [-0.39, 0.29) is 36.6 Å². The number of aliphatic hydroxyl groups is 2. The normalized spacial score (nSPS) is 13.2. The minimum Gasteiger partial charge on any atom is -0.402 e. The molecule has 0 radical (unpaired) electrons. The van der Waals surface area contributed by atoms with Gasteiger partial charge in [0.25, 0.3) is 0 Å². The number of halogens is 8. The molecule has 0 saturated carbocycles. The Balaban J connectivity index is 0.00000124. The van der Waals surface area contributed by atoms with Crippen molar-refractivity contribution in [2.45, 2.75) is 44.3 Å². The van der Waals surface area contributed by atoms with Gasteiger partial charge in [0, 0.05) is 69.2 Å².